The van der Waals surface area contributed by atoms with Gasteiger partial charge in [0.15, 0.2) is 11.8 Å². The van der Waals surface area contributed by atoms with Crippen molar-refractivity contribution in [3.8, 4) is 5.75 Å². The lowest BCUT2D eigenvalue weighted by Gasteiger charge is -2.28. The van der Waals surface area contributed by atoms with Crippen LogP contribution in [0.5, 0.6) is 5.75 Å². The van der Waals surface area contributed by atoms with E-state index in [0.29, 0.717) is 6.42 Å². The Kier molecular flexibility index (Phi) is 4.80. The Labute approximate surface area is 154 Å². The summed E-state index contributed by atoms with van der Waals surface area (Å²) in [7, 11) is 3.55. The first kappa shape index (κ1) is 20.1. The second kappa shape index (κ2) is 6.46. The number of hydrogen-bond acceptors (Lipinski definition) is 3. The van der Waals surface area contributed by atoms with Gasteiger partial charge in [0.25, 0.3) is 0 Å². The fourth-order valence-corrected chi connectivity index (χ4v) is 4.63. The Morgan fingerprint density at radius 1 is 1.19 bits per heavy atom. The summed E-state index contributed by atoms with van der Waals surface area (Å²) in [5.74, 6) is -11.7. The minimum atomic E-state index is -6.37. The number of benzene rings is 1. The fraction of sp³-hybridized carbons (Fsp3) is 0.562. The molecule has 2 aliphatic rings. The second-order valence-electron chi connectivity index (χ2n) is 6.35. The Morgan fingerprint density at radius 2 is 1.85 bits per heavy atom. The maximum absolute atomic E-state index is 13.4. The van der Waals surface area contributed by atoms with Crippen molar-refractivity contribution in [2.75, 3.05) is 20.7 Å². The van der Waals surface area contributed by atoms with E-state index < -0.39 is 24.6 Å². The van der Waals surface area contributed by atoms with Crippen LogP contribution in [0.15, 0.2) is 23.2 Å². The Morgan fingerprint density at radius 3 is 2.44 bits per heavy atom. The SMILES string of the molecule is CN=C1SC2Cc3cc(OCC(F)(F)C(F)(F)C(F)(F)F)ccc3C2N1C. The maximum Gasteiger partial charge on any atom is 0.460 e. The van der Waals surface area contributed by atoms with Crippen molar-refractivity contribution in [2.45, 2.75) is 35.7 Å². The molecule has 11 heteroatoms. The number of alkyl halides is 7. The zero-order chi connectivity index (χ0) is 20.2. The molecule has 0 bridgehead atoms. The van der Waals surface area contributed by atoms with E-state index in [1.807, 2.05) is 11.9 Å². The van der Waals surface area contributed by atoms with Crippen LogP contribution in [0.25, 0.3) is 0 Å². The smallest absolute Gasteiger partial charge is 0.460 e. The molecule has 0 spiro atoms. The number of nitrogens with zero attached hydrogens (tertiary/aromatic N) is 2. The van der Waals surface area contributed by atoms with Crippen molar-refractivity contribution < 1.29 is 35.5 Å². The monoisotopic (exact) mass is 416 g/mol. The minimum absolute atomic E-state index is 0.0359. The molecule has 0 aromatic heterocycles. The third-order valence-corrected chi connectivity index (χ3v) is 6.02. The van der Waals surface area contributed by atoms with Gasteiger partial charge in [-0.2, -0.15) is 30.7 Å². The summed E-state index contributed by atoms with van der Waals surface area (Å²) in [6, 6.07) is 4.36. The quantitative estimate of drug-likeness (QED) is 0.675. The van der Waals surface area contributed by atoms with Gasteiger partial charge in [0.05, 0.1) is 6.04 Å². The summed E-state index contributed by atoms with van der Waals surface area (Å²) in [6.45, 7) is -2.08. The molecule has 1 fully saturated rings. The summed E-state index contributed by atoms with van der Waals surface area (Å²) in [4.78, 5) is 6.16. The Balaban J connectivity index is 1.74. The highest BCUT2D eigenvalue weighted by atomic mass is 32.2. The average molecular weight is 416 g/mol. The van der Waals surface area contributed by atoms with Crippen molar-refractivity contribution in [1.29, 1.82) is 0 Å². The molecule has 150 valence electrons. The van der Waals surface area contributed by atoms with Gasteiger partial charge in [-0.25, -0.2) is 0 Å². The molecular weight excluding hydrogens is 401 g/mol. The van der Waals surface area contributed by atoms with E-state index in [0.717, 1.165) is 16.3 Å². The molecule has 27 heavy (non-hydrogen) atoms. The van der Waals surface area contributed by atoms with Crippen LogP contribution in [0.2, 0.25) is 0 Å². The van der Waals surface area contributed by atoms with Gasteiger partial charge in [-0.15, -0.1) is 0 Å². The van der Waals surface area contributed by atoms with Gasteiger partial charge in [0.1, 0.15) is 5.75 Å². The predicted octanol–water partition coefficient (Wildman–Crippen LogP) is 4.53. The highest BCUT2D eigenvalue weighted by Crippen LogP contribution is 2.49. The normalized spacial score (nSPS) is 24.3. The first-order valence-corrected chi connectivity index (χ1v) is 8.71. The lowest BCUT2D eigenvalue weighted by molar-refractivity contribution is -0.358. The van der Waals surface area contributed by atoms with E-state index in [1.165, 1.54) is 12.1 Å². The van der Waals surface area contributed by atoms with E-state index in [1.54, 1.807) is 24.9 Å². The number of ether oxygens (including phenoxy) is 1. The van der Waals surface area contributed by atoms with Gasteiger partial charge in [0.2, 0.25) is 0 Å². The van der Waals surface area contributed by atoms with Crippen molar-refractivity contribution in [3.05, 3.63) is 29.3 Å². The highest BCUT2D eigenvalue weighted by molar-refractivity contribution is 8.14. The second-order valence-corrected chi connectivity index (χ2v) is 7.55. The Bertz CT molecular complexity index is 766. The highest BCUT2D eigenvalue weighted by Gasteiger charge is 2.73. The van der Waals surface area contributed by atoms with Crippen molar-refractivity contribution in [2.24, 2.45) is 4.99 Å². The molecular formula is C16H15F7N2OS. The molecule has 0 saturated carbocycles. The molecule has 2 unspecified atom stereocenters. The van der Waals surface area contributed by atoms with Gasteiger partial charge in [-0.05, 0) is 29.7 Å². The van der Waals surface area contributed by atoms with E-state index in [4.69, 9.17) is 0 Å². The van der Waals surface area contributed by atoms with Crippen LogP contribution in [0.3, 0.4) is 0 Å². The largest absolute Gasteiger partial charge is 0.487 e. The molecule has 3 rings (SSSR count). The molecule has 0 N–H and O–H groups in total. The van der Waals surface area contributed by atoms with Crippen LogP contribution >= 0.6 is 11.8 Å². The summed E-state index contributed by atoms with van der Waals surface area (Å²) in [6.07, 6.45) is -5.78. The van der Waals surface area contributed by atoms with Gasteiger partial charge < -0.3 is 9.64 Å². The summed E-state index contributed by atoms with van der Waals surface area (Å²) < 4.78 is 93.7. The number of rotatable bonds is 4. The number of amidine groups is 1. The van der Waals surface area contributed by atoms with Gasteiger partial charge in [0, 0.05) is 19.3 Å². The summed E-state index contributed by atoms with van der Waals surface area (Å²) in [5, 5.41) is 1.03. The van der Waals surface area contributed by atoms with E-state index in [9.17, 15) is 30.7 Å². The van der Waals surface area contributed by atoms with Crippen LogP contribution in [-0.4, -0.2) is 54.0 Å². The van der Waals surface area contributed by atoms with E-state index >= 15 is 0 Å². The number of aliphatic imine (C=N–C) groups is 1. The summed E-state index contributed by atoms with van der Waals surface area (Å²) in [5.41, 5.74) is 1.70. The molecule has 0 amide bonds. The topological polar surface area (TPSA) is 24.8 Å². The maximum atomic E-state index is 13.4. The van der Waals surface area contributed by atoms with Crippen molar-refractivity contribution in [3.63, 3.8) is 0 Å². The molecule has 1 aromatic carbocycles. The average Bonchev–Trinajstić information content (AvgIpc) is 3.07. The number of thioether (sulfide) groups is 1. The zero-order valence-electron chi connectivity index (χ0n) is 14.2. The molecule has 3 nitrogen and oxygen atoms in total. The number of fused-ring (bicyclic) bond motifs is 3. The lowest BCUT2D eigenvalue weighted by Crippen LogP contribution is -2.54. The molecule has 1 saturated heterocycles. The zero-order valence-corrected chi connectivity index (χ0v) is 15.0. The number of halogens is 7. The van der Waals surface area contributed by atoms with Crippen LogP contribution in [0, 0.1) is 0 Å². The van der Waals surface area contributed by atoms with Gasteiger partial charge in [-0.1, -0.05) is 17.8 Å². The predicted molar refractivity (Wildman–Crippen MR) is 86.8 cm³/mol. The molecule has 1 aliphatic carbocycles. The van der Waals surface area contributed by atoms with Crippen molar-refractivity contribution >= 4 is 16.9 Å². The van der Waals surface area contributed by atoms with Crippen LogP contribution in [0.4, 0.5) is 30.7 Å². The fourth-order valence-electron chi connectivity index (χ4n) is 3.25. The van der Waals surface area contributed by atoms with Crippen molar-refractivity contribution in [1.82, 2.24) is 4.90 Å². The van der Waals surface area contributed by atoms with E-state index in [2.05, 4.69) is 9.73 Å². The molecule has 1 aliphatic heterocycles. The van der Waals surface area contributed by atoms with E-state index in [-0.39, 0.29) is 17.0 Å². The molecule has 0 radical (unpaired) electrons. The van der Waals surface area contributed by atoms with Crippen LogP contribution in [0.1, 0.15) is 17.2 Å². The molecule has 1 aromatic rings. The first-order chi connectivity index (χ1) is 12.4. The summed E-state index contributed by atoms with van der Waals surface area (Å²) >= 11 is 1.57. The van der Waals surface area contributed by atoms with Crippen LogP contribution < -0.4 is 4.74 Å². The standard InChI is InChI=1S/C16H15F7N2OS/c1-24-13-25(2)12-10-4-3-9(5-8(10)6-11(12)27-13)26-7-14(17,18)15(19,20)16(21,22)23/h3-5,11-12H,6-7H2,1-2H3. The van der Waals surface area contributed by atoms with Gasteiger partial charge >= 0.3 is 18.0 Å². The molecule has 1 heterocycles. The minimum Gasteiger partial charge on any atom is -0.487 e. The first-order valence-electron chi connectivity index (χ1n) is 7.83. The lowest BCUT2D eigenvalue weighted by atomic mass is 10.1. The van der Waals surface area contributed by atoms with Crippen LogP contribution in [-0.2, 0) is 6.42 Å². The number of hydrogen-bond donors (Lipinski definition) is 0. The Hall–Kier alpha value is -1.65. The third-order valence-electron chi connectivity index (χ3n) is 4.61. The third kappa shape index (κ3) is 3.23. The molecule has 2 atom stereocenters. The van der Waals surface area contributed by atoms with Gasteiger partial charge in [-0.3, -0.25) is 4.99 Å².